The molecule has 0 bridgehead atoms. The lowest BCUT2D eigenvalue weighted by molar-refractivity contribution is 0.110. The summed E-state index contributed by atoms with van der Waals surface area (Å²) in [6.07, 6.45) is 10.7. The molecule has 0 N–H and O–H groups in total. The first-order valence-electron chi connectivity index (χ1n) is 12.6. The molecule has 182 valence electrons. The Labute approximate surface area is 196 Å². The number of aldehydes is 2. The molecule has 0 saturated heterocycles. The van der Waals surface area contributed by atoms with Crippen molar-refractivity contribution in [1.82, 2.24) is 0 Å². The Morgan fingerprint density at radius 1 is 0.625 bits per heavy atom. The molecule has 4 nitrogen and oxygen atoms in total. The van der Waals surface area contributed by atoms with E-state index in [-0.39, 0.29) is 0 Å². The molecule has 0 aliphatic heterocycles. The van der Waals surface area contributed by atoms with Gasteiger partial charge in [-0.05, 0) is 48.6 Å². The number of hydrogen-bond donors (Lipinski definition) is 0. The molecule has 2 atom stereocenters. The number of carbonyl (C=O) groups is 2. The van der Waals surface area contributed by atoms with Gasteiger partial charge in [0.2, 0.25) is 0 Å². The van der Waals surface area contributed by atoms with Gasteiger partial charge in [0.25, 0.3) is 0 Å². The zero-order valence-electron chi connectivity index (χ0n) is 21.3. The van der Waals surface area contributed by atoms with Gasteiger partial charge < -0.3 is 9.47 Å². The predicted octanol–water partition coefficient (Wildman–Crippen LogP) is 7.77. The number of rotatable bonds is 18. The molecule has 1 aromatic rings. The van der Waals surface area contributed by atoms with Crippen LogP contribution < -0.4 is 9.47 Å². The van der Waals surface area contributed by atoms with Crippen LogP contribution in [-0.4, -0.2) is 25.8 Å². The van der Waals surface area contributed by atoms with Crippen molar-refractivity contribution in [3.05, 3.63) is 23.3 Å². The summed E-state index contributed by atoms with van der Waals surface area (Å²) in [5, 5.41) is 0. The average Bonchev–Trinajstić information content (AvgIpc) is 2.73. The first-order chi connectivity index (χ1) is 15.3. The molecule has 0 aliphatic rings. The Morgan fingerprint density at radius 3 is 1.31 bits per heavy atom. The first kappa shape index (κ1) is 28.2. The van der Waals surface area contributed by atoms with Gasteiger partial charge in [-0.25, -0.2) is 0 Å². The van der Waals surface area contributed by atoms with E-state index in [0.717, 1.165) is 37.2 Å². The predicted molar refractivity (Wildman–Crippen MR) is 133 cm³/mol. The zero-order valence-corrected chi connectivity index (χ0v) is 21.3. The molecule has 0 aliphatic carbocycles. The van der Waals surface area contributed by atoms with Gasteiger partial charge in [-0.3, -0.25) is 9.59 Å². The number of benzene rings is 1. The van der Waals surface area contributed by atoms with Gasteiger partial charge in [-0.15, -0.1) is 0 Å². The van der Waals surface area contributed by atoms with Gasteiger partial charge in [0.05, 0.1) is 24.3 Å². The first-order valence-corrected chi connectivity index (χ1v) is 12.6. The van der Waals surface area contributed by atoms with Crippen molar-refractivity contribution in [1.29, 1.82) is 0 Å². The summed E-state index contributed by atoms with van der Waals surface area (Å²) in [6, 6.07) is 3.28. The highest BCUT2D eigenvalue weighted by atomic mass is 16.5. The monoisotopic (exact) mass is 446 g/mol. The van der Waals surface area contributed by atoms with Crippen LogP contribution >= 0.6 is 0 Å². The molecule has 1 rings (SSSR count). The van der Waals surface area contributed by atoms with E-state index in [1.807, 2.05) is 0 Å². The van der Waals surface area contributed by atoms with Crippen LogP contribution in [0.5, 0.6) is 11.5 Å². The minimum absolute atomic E-state index is 0.433. The van der Waals surface area contributed by atoms with Gasteiger partial charge in [0.15, 0.2) is 12.6 Å². The van der Waals surface area contributed by atoms with E-state index < -0.39 is 0 Å². The Kier molecular flexibility index (Phi) is 14.0. The normalized spacial score (nSPS) is 13.2. The summed E-state index contributed by atoms with van der Waals surface area (Å²) in [6.45, 7) is 14.6. The molecule has 0 saturated carbocycles. The molecule has 0 radical (unpaired) electrons. The second-order valence-corrected chi connectivity index (χ2v) is 10.3. The number of hydrogen-bond acceptors (Lipinski definition) is 4. The van der Waals surface area contributed by atoms with Crippen LogP contribution in [0, 0.1) is 23.7 Å². The molecule has 0 fully saturated rings. The number of carbonyl (C=O) groups excluding carboxylic acids is 2. The highest BCUT2D eigenvalue weighted by molar-refractivity contribution is 5.87. The van der Waals surface area contributed by atoms with Crippen molar-refractivity contribution in [2.75, 3.05) is 13.2 Å². The Bertz CT molecular complexity index is 608. The summed E-state index contributed by atoms with van der Waals surface area (Å²) < 4.78 is 11.8. The molecular formula is C28H46O4. The minimum atomic E-state index is 0.433. The third kappa shape index (κ3) is 11.7. The van der Waals surface area contributed by atoms with Crippen molar-refractivity contribution in [2.45, 2.75) is 92.9 Å². The zero-order chi connectivity index (χ0) is 23.9. The standard InChI is InChI=1S/C28H46O4/c1-21(2)9-7-11-23(5)13-15-31-27-17-26(20-30)28(18-25(27)19-29)32-16-14-24(6)12-8-10-22(3)4/h17-24H,7-16H2,1-6H3/t23-,24-/m0/s1. The van der Waals surface area contributed by atoms with Crippen LogP contribution in [0.1, 0.15) is 114 Å². The fourth-order valence-corrected chi connectivity index (χ4v) is 3.80. The van der Waals surface area contributed by atoms with Crippen molar-refractivity contribution in [2.24, 2.45) is 23.7 Å². The fourth-order valence-electron chi connectivity index (χ4n) is 3.80. The largest absolute Gasteiger partial charge is 0.493 e. The summed E-state index contributed by atoms with van der Waals surface area (Å²) in [5.41, 5.74) is 0.867. The lowest BCUT2D eigenvalue weighted by Crippen LogP contribution is -2.08. The topological polar surface area (TPSA) is 52.6 Å². The second kappa shape index (κ2) is 15.9. The molecule has 4 heteroatoms. The summed E-state index contributed by atoms with van der Waals surface area (Å²) in [5.74, 6) is 3.55. The van der Waals surface area contributed by atoms with Crippen LogP contribution in [0.3, 0.4) is 0 Å². The summed E-state index contributed by atoms with van der Waals surface area (Å²) in [4.78, 5) is 23.2. The van der Waals surface area contributed by atoms with E-state index in [1.54, 1.807) is 12.1 Å². The maximum Gasteiger partial charge on any atom is 0.153 e. The summed E-state index contributed by atoms with van der Waals surface area (Å²) in [7, 11) is 0. The van der Waals surface area contributed by atoms with Gasteiger partial charge in [0.1, 0.15) is 11.5 Å². The Hall–Kier alpha value is -1.84. The lowest BCUT2D eigenvalue weighted by Gasteiger charge is -2.16. The van der Waals surface area contributed by atoms with Crippen molar-refractivity contribution in [3.63, 3.8) is 0 Å². The van der Waals surface area contributed by atoms with Crippen molar-refractivity contribution < 1.29 is 19.1 Å². The lowest BCUT2D eigenvalue weighted by atomic mass is 9.97. The molecular weight excluding hydrogens is 400 g/mol. The quantitative estimate of drug-likeness (QED) is 0.216. The van der Waals surface area contributed by atoms with Gasteiger partial charge in [0, 0.05) is 0 Å². The molecule has 0 unspecified atom stereocenters. The molecule has 32 heavy (non-hydrogen) atoms. The fraction of sp³-hybridized carbons (Fsp3) is 0.714. The van der Waals surface area contributed by atoms with E-state index in [9.17, 15) is 9.59 Å². The molecule has 0 amide bonds. The molecule has 0 aromatic heterocycles. The highest BCUT2D eigenvalue weighted by Crippen LogP contribution is 2.28. The van der Waals surface area contributed by atoms with Crippen LogP contribution in [0.15, 0.2) is 12.1 Å². The summed E-state index contributed by atoms with van der Waals surface area (Å²) >= 11 is 0. The number of ether oxygens (including phenoxy) is 2. The SMILES string of the molecule is CC(C)CCC[C@H](C)CCOc1cc(C=O)c(OCC[C@@H](C)CCCC(C)C)cc1C=O. The Morgan fingerprint density at radius 2 is 1.00 bits per heavy atom. The van der Waals surface area contributed by atoms with Crippen LogP contribution in [0.2, 0.25) is 0 Å². The van der Waals surface area contributed by atoms with Crippen LogP contribution in [0.4, 0.5) is 0 Å². The van der Waals surface area contributed by atoms with Gasteiger partial charge in [-0.1, -0.05) is 80.1 Å². The van der Waals surface area contributed by atoms with Gasteiger partial charge >= 0.3 is 0 Å². The van der Waals surface area contributed by atoms with Crippen LogP contribution in [-0.2, 0) is 0 Å². The molecule has 1 aromatic carbocycles. The van der Waals surface area contributed by atoms with Crippen LogP contribution in [0.25, 0.3) is 0 Å². The van der Waals surface area contributed by atoms with E-state index >= 15 is 0 Å². The molecule has 0 spiro atoms. The Balaban J connectivity index is 2.57. The van der Waals surface area contributed by atoms with Crippen molar-refractivity contribution >= 4 is 12.6 Å². The van der Waals surface area contributed by atoms with Gasteiger partial charge in [-0.2, -0.15) is 0 Å². The minimum Gasteiger partial charge on any atom is -0.493 e. The van der Waals surface area contributed by atoms with Crippen molar-refractivity contribution in [3.8, 4) is 11.5 Å². The third-order valence-electron chi connectivity index (χ3n) is 6.09. The maximum atomic E-state index is 11.6. The third-order valence-corrected chi connectivity index (χ3v) is 6.09. The second-order valence-electron chi connectivity index (χ2n) is 10.3. The van der Waals surface area contributed by atoms with E-state index in [1.165, 1.54) is 38.5 Å². The average molecular weight is 447 g/mol. The van der Waals surface area contributed by atoms with E-state index in [0.29, 0.717) is 47.7 Å². The van der Waals surface area contributed by atoms with E-state index in [2.05, 4.69) is 41.5 Å². The highest BCUT2D eigenvalue weighted by Gasteiger charge is 2.13. The van der Waals surface area contributed by atoms with E-state index in [4.69, 9.17) is 9.47 Å². The molecule has 0 heterocycles. The maximum absolute atomic E-state index is 11.6. The smallest absolute Gasteiger partial charge is 0.153 e.